The summed E-state index contributed by atoms with van der Waals surface area (Å²) in [6.45, 7) is 6.07. The van der Waals surface area contributed by atoms with Crippen molar-refractivity contribution in [2.75, 3.05) is 19.3 Å². The minimum Gasteiger partial charge on any atom is -0.357 e. The van der Waals surface area contributed by atoms with E-state index in [4.69, 9.17) is 0 Å². The lowest BCUT2D eigenvalue weighted by molar-refractivity contribution is 0.601. The summed E-state index contributed by atoms with van der Waals surface area (Å²) < 4.78 is 23.4. The summed E-state index contributed by atoms with van der Waals surface area (Å²) in [5.74, 6) is 0.800. The molecule has 152 valence electrons. The zero-order valence-electron chi connectivity index (χ0n) is 16.5. The summed E-state index contributed by atoms with van der Waals surface area (Å²) >= 11 is 0. The minimum atomic E-state index is -3.18. The van der Waals surface area contributed by atoms with Gasteiger partial charge in [-0.2, -0.15) is 0 Å². The summed E-state index contributed by atoms with van der Waals surface area (Å²) in [6, 6.07) is 5.41. The molecule has 1 aliphatic carbocycles. The van der Waals surface area contributed by atoms with Crippen molar-refractivity contribution < 1.29 is 8.42 Å². The van der Waals surface area contributed by atoms with E-state index < -0.39 is 9.84 Å². The van der Waals surface area contributed by atoms with Crippen LogP contribution in [-0.2, 0) is 16.4 Å². The molecule has 27 heavy (non-hydrogen) atoms. The third-order valence-electron chi connectivity index (χ3n) is 4.53. The second-order valence-corrected chi connectivity index (χ2v) is 8.84. The average molecular weight is 505 g/mol. The number of hydrogen-bond acceptors (Lipinski definition) is 3. The number of nitrogens with zero attached hydrogens (tertiary/aromatic N) is 1. The summed E-state index contributed by atoms with van der Waals surface area (Å²) in [5, 5.41) is 6.66. The zero-order chi connectivity index (χ0) is 19.0. The van der Waals surface area contributed by atoms with Gasteiger partial charge in [0, 0.05) is 19.3 Å². The molecular weight excluding hydrogens is 473 g/mol. The van der Waals surface area contributed by atoms with Crippen LogP contribution < -0.4 is 10.6 Å². The van der Waals surface area contributed by atoms with Crippen molar-refractivity contribution in [3.63, 3.8) is 0 Å². The second kappa shape index (κ2) is 11.7. The van der Waals surface area contributed by atoms with Crippen molar-refractivity contribution in [2.24, 2.45) is 4.99 Å². The number of sulfone groups is 1. The van der Waals surface area contributed by atoms with Crippen molar-refractivity contribution in [1.29, 1.82) is 0 Å². The SMILES string of the molecule is CCNC(=NCc1ccc(S(C)(=O)=O)c(C)c1)NCCC1=CCCCC1.I. The Labute approximate surface area is 181 Å². The number of aryl methyl sites for hydroxylation is 1. The van der Waals surface area contributed by atoms with E-state index in [-0.39, 0.29) is 24.0 Å². The van der Waals surface area contributed by atoms with Crippen molar-refractivity contribution in [1.82, 2.24) is 10.6 Å². The van der Waals surface area contributed by atoms with Gasteiger partial charge in [0.25, 0.3) is 0 Å². The number of aliphatic imine (C=N–C) groups is 1. The van der Waals surface area contributed by atoms with Crippen LogP contribution in [0.4, 0.5) is 0 Å². The van der Waals surface area contributed by atoms with Gasteiger partial charge >= 0.3 is 0 Å². The maximum Gasteiger partial charge on any atom is 0.191 e. The molecule has 1 aliphatic rings. The van der Waals surface area contributed by atoms with Crippen LogP contribution in [0.3, 0.4) is 0 Å². The fourth-order valence-electron chi connectivity index (χ4n) is 3.21. The lowest BCUT2D eigenvalue weighted by Crippen LogP contribution is -2.37. The van der Waals surface area contributed by atoms with Gasteiger partial charge in [0.1, 0.15) is 0 Å². The number of allylic oxidation sites excluding steroid dienone is 1. The third-order valence-corrected chi connectivity index (χ3v) is 5.78. The summed E-state index contributed by atoms with van der Waals surface area (Å²) in [5.41, 5.74) is 3.32. The Kier molecular flexibility index (Phi) is 10.4. The molecular formula is C20H32IN3O2S. The van der Waals surface area contributed by atoms with Gasteiger partial charge in [0.2, 0.25) is 0 Å². The molecule has 5 nitrogen and oxygen atoms in total. The number of halogens is 1. The molecule has 2 N–H and O–H groups in total. The standard InChI is InChI=1S/C20H31N3O2S.HI/c1-4-21-20(22-13-12-17-8-6-5-7-9-17)23-15-18-10-11-19(16(2)14-18)26(3,24)25;/h8,10-11,14H,4-7,9,12-13,15H2,1-3H3,(H2,21,22,23);1H. The highest BCUT2D eigenvalue weighted by Crippen LogP contribution is 2.19. The Bertz CT molecular complexity index is 773. The maximum absolute atomic E-state index is 11.7. The lowest BCUT2D eigenvalue weighted by Gasteiger charge is -2.15. The predicted molar refractivity (Wildman–Crippen MR) is 124 cm³/mol. The van der Waals surface area contributed by atoms with E-state index in [1.165, 1.54) is 31.9 Å². The molecule has 0 radical (unpaired) electrons. The fraction of sp³-hybridized carbons (Fsp3) is 0.550. The number of rotatable bonds is 7. The molecule has 0 saturated heterocycles. The molecule has 0 fully saturated rings. The molecule has 7 heteroatoms. The van der Waals surface area contributed by atoms with Crippen LogP contribution in [0.25, 0.3) is 0 Å². The van der Waals surface area contributed by atoms with Gasteiger partial charge in [-0.25, -0.2) is 13.4 Å². The van der Waals surface area contributed by atoms with Gasteiger partial charge in [-0.15, -0.1) is 24.0 Å². The number of guanidine groups is 1. The van der Waals surface area contributed by atoms with E-state index in [1.807, 2.05) is 26.0 Å². The Morgan fingerprint density at radius 3 is 2.59 bits per heavy atom. The Morgan fingerprint density at radius 2 is 2.00 bits per heavy atom. The van der Waals surface area contributed by atoms with Crippen LogP contribution in [0, 0.1) is 6.92 Å². The molecule has 0 unspecified atom stereocenters. The first-order chi connectivity index (χ1) is 12.4. The Balaban J connectivity index is 0.00000364. The quantitative estimate of drug-likeness (QED) is 0.255. The molecule has 0 bridgehead atoms. The lowest BCUT2D eigenvalue weighted by atomic mass is 9.97. The second-order valence-electron chi connectivity index (χ2n) is 6.85. The van der Waals surface area contributed by atoms with Crippen LogP contribution in [-0.4, -0.2) is 33.7 Å². The van der Waals surface area contributed by atoms with Gasteiger partial charge < -0.3 is 10.6 Å². The van der Waals surface area contributed by atoms with Crippen LogP contribution in [0.15, 0.2) is 39.7 Å². The smallest absolute Gasteiger partial charge is 0.191 e. The fourth-order valence-corrected chi connectivity index (χ4v) is 4.17. The zero-order valence-corrected chi connectivity index (χ0v) is 19.7. The molecule has 1 aromatic rings. The van der Waals surface area contributed by atoms with E-state index >= 15 is 0 Å². The van der Waals surface area contributed by atoms with E-state index in [2.05, 4.69) is 21.7 Å². The van der Waals surface area contributed by atoms with Crippen molar-refractivity contribution >= 4 is 39.8 Å². The van der Waals surface area contributed by atoms with Gasteiger partial charge in [0.05, 0.1) is 11.4 Å². The first-order valence-electron chi connectivity index (χ1n) is 9.40. The minimum absolute atomic E-state index is 0. The van der Waals surface area contributed by atoms with Crippen LogP contribution in [0.2, 0.25) is 0 Å². The Hall–Kier alpha value is -1.09. The number of benzene rings is 1. The molecule has 0 atom stereocenters. The van der Waals surface area contributed by atoms with E-state index in [9.17, 15) is 8.42 Å². The maximum atomic E-state index is 11.7. The largest absolute Gasteiger partial charge is 0.357 e. The molecule has 1 aromatic carbocycles. The van der Waals surface area contributed by atoms with E-state index in [0.29, 0.717) is 11.4 Å². The molecule has 2 rings (SSSR count). The van der Waals surface area contributed by atoms with Crippen molar-refractivity contribution in [3.05, 3.63) is 41.0 Å². The first-order valence-corrected chi connectivity index (χ1v) is 11.3. The van der Waals surface area contributed by atoms with Crippen LogP contribution in [0.5, 0.6) is 0 Å². The van der Waals surface area contributed by atoms with Crippen LogP contribution >= 0.6 is 24.0 Å². The number of nitrogens with one attached hydrogen (secondary N) is 2. The molecule has 0 aliphatic heterocycles. The highest BCUT2D eigenvalue weighted by Gasteiger charge is 2.10. The Morgan fingerprint density at radius 1 is 1.22 bits per heavy atom. The molecule has 0 spiro atoms. The molecule has 0 aromatic heterocycles. The van der Waals surface area contributed by atoms with Crippen molar-refractivity contribution in [3.8, 4) is 0 Å². The molecule has 0 saturated carbocycles. The average Bonchev–Trinajstić information content (AvgIpc) is 2.59. The first kappa shape index (κ1) is 23.9. The van der Waals surface area contributed by atoms with Gasteiger partial charge in [-0.3, -0.25) is 0 Å². The monoisotopic (exact) mass is 505 g/mol. The van der Waals surface area contributed by atoms with E-state index in [1.54, 1.807) is 11.6 Å². The molecule has 0 heterocycles. The van der Waals surface area contributed by atoms with Gasteiger partial charge in [-0.1, -0.05) is 23.8 Å². The molecule has 0 amide bonds. The highest BCUT2D eigenvalue weighted by atomic mass is 127. The van der Waals surface area contributed by atoms with Crippen LogP contribution in [0.1, 0.15) is 50.2 Å². The summed E-state index contributed by atoms with van der Waals surface area (Å²) in [6.07, 6.45) is 9.74. The number of hydrogen-bond donors (Lipinski definition) is 2. The normalized spacial score (nSPS) is 14.9. The summed E-state index contributed by atoms with van der Waals surface area (Å²) in [4.78, 5) is 5.01. The predicted octanol–water partition coefficient (Wildman–Crippen LogP) is 3.96. The van der Waals surface area contributed by atoms with Gasteiger partial charge in [0.15, 0.2) is 15.8 Å². The topological polar surface area (TPSA) is 70.6 Å². The van der Waals surface area contributed by atoms with Gasteiger partial charge in [-0.05, 0) is 63.1 Å². The highest BCUT2D eigenvalue weighted by molar-refractivity contribution is 14.0. The van der Waals surface area contributed by atoms with Crippen molar-refractivity contribution in [2.45, 2.75) is 57.4 Å². The van der Waals surface area contributed by atoms with E-state index in [0.717, 1.165) is 36.6 Å². The third kappa shape index (κ3) is 8.21. The summed E-state index contributed by atoms with van der Waals surface area (Å²) in [7, 11) is -3.18.